The van der Waals surface area contributed by atoms with Crippen LogP contribution < -0.4 is 0 Å². The van der Waals surface area contributed by atoms with Crippen molar-refractivity contribution in [3.05, 3.63) is 23.2 Å². The summed E-state index contributed by atoms with van der Waals surface area (Å²) in [6.45, 7) is 0. The molecule has 0 unspecified atom stereocenters. The van der Waals surface area contributed by atoms with Crippen molar-refractivity contribution in [2.24, 2.45) is 0 Å². The Balaban J connectivity index is 2.55. The van der Waals surface area contributed by atoms with Gasteiger partial charge in [-0.3, -0.25) is 0 Å². The Morgan fingerprint density at radius 2 is 2.29 bits per heavy atom. The van der Waals surface area contributed by atoms with Crippen LogP contribution in [-0.2, 0) is 4.74 Å². The largest absolute Gasteiger partial charge is 0.464 e. The minimum atomic E-state index is -0.522. The number of oxazole rings is 1. The third kappa shape index (κ3) is 1.42. The number of carbonyl (C=O) groups is 1. The third-order valence-corrected chi connectivity index (χ3v) is 1.78. The number of pyridine rings is 1. The number of rotatable bonds is 1. The van der Waals surface area contributed by atoms with Crippen LogP contribution >= 0.6 is 11.6 Å². The zero-order valence-electron chi connectivity index (χ0n) is 7.15. The third-order valence-electron chi connectivity index (χ3n) is 1.62. The van der Waals surface area contributed by atoms with Gasteiger partial charge in [0, 0.05) is 0 Å². The van der Waals surface area contributed by atoms with Crippen LogP contribution in [0.25, 0.3) is 11.2 Å². The first kappa shape index (κ1) is 8.96. The Bertz CT molecular complexity index is 494. The van der Waals surface area contributed by atoms with Crippen LogP contribution in [0.1, 0.15) is 10.5 Å². The summed E-state index contributed by atoms with van der Waals surface area (Å²) in [6, 6.07) is 3.04. The van der Waals surface area contributed by atoms with E-state index in [9.17, 15) is 4.79 Å². The van der Waals surface area contributed by atoms with E-state index in [1.165, 1.54) is 13.2 Å². The van der Waals surface area contributed by atoms with Gasteiger partial charge in [0.2, 0.25) is 5.65 Å². The van der Waals surface area contributed by atoms with E-state index < -0.39 is 5.97 Å². The molecule has 0 aliphatic carbocycles. The zero-order valence-corrected chi connectivity index (χ0v) is 7.91. The van der Waals surface area contributed by atoms with Crippen LogP contribution in [0.2, 0.25) is 5.35 Å². The van der Waals surface area contributed by atoms with Crippen molar-refractivity contribution in [1.82, 2.24) is 9.97 Å². The molecule has 14 heavy (non-hydrogen) atoms. The van der Waals surface area contributed by atoms with Crippen molar-refractivity contribution in [1.29, 1.82) is 0 Å². The van der Waals surface area contributed by atoms with Crippen LogP contribution in [0.3, 0.4) is 0 Å². The summed E-state index contributed by atoms with van der Waals surface area (Å²) in [6.07, 6.45) is 0. The Hall–Kier alpha value is -1.62. The second kappa shape index (κ2) is 3.26. The van der Waals surface area contributed by atoms with Crippen molar-refractivity contribution < 1.29 is 13.9 Å². The van der Waals surface area contributed by atoms with Crippen molar-refractivity contribution in [3.8, 4) is 0 Å². The molecule has 0 bridgehead atoms. The molecule has 0 amide bonds. The molecule has 5 nitrogen and oxygen atoms in total. The summed E-state index contributed by atoms with van der Waals surface area (Å²) in [5, 5.41) is -0.00508. The zero-order chi connectivity index (χ0) is 10.1. The van der Waals surface area contributed by atoms with E-state index in [-0.39, 0.29) is 16.7 Å². The predicted molar refractivity (Wildman–Crippen MR) is 48.2 cm³/mol. The van der Waals surface area contributed by atoms with E-state index >= 15 is 0 Å². The van der Waals surface area contributed by atoms with Gasteiger partial charge in [-0.15, -0.1) is 0 Å². The number of methoxy groups -OCH3 is 1. The number of esters is 1. The van der Waals surface area contributed by atoms with Gasteiger partial charge in [0.1, 0.15) is 0 Å². The number of hydrogen-bond acceptors (Lipinski definition) is 5. The Morgan fingerprint density at radius 3 is 3.00 bits per heavy atom. The second-order valence-corrected chi connectivity index (χ2v) is 2.80. The monoisotopic (exact) mass is 212 g/mol. The van der Waals surface area contributed by atoms with E-state index in [0.717, 1.165) is 0 Å². The average Bonchev–Trinajstić information content (AvgIpc) is 2.55. The van der Waals surface area contributed by atoms with Gasteiger partial charge in [0.05, 0.1) is 7.11 Å². The van der Waals surface area contributed by atoms with Gasteiger partial charge in [-0.1, -0.05) is 0 Å². The van der Waals surface area contributed by atoms with Crippen molar-refractivity contribution in [2.45, 2.75) is 0 Å². The maximum absolute atomic E-state index is 11.1. The van der Waals surface area contributed by atoms with Crippen molar-refractivity contribution in [2.75, 3.05) is 7.11 Å². The fourth-order valence-corrected chi connectivity index (χ4v) is 1.17. The van der Waals surface area contributed by atoms with Crippen LogP contribution in [-0.4, -0.2) is 23.0 Å². The number of ether oxygens (including phenoxy) is 1. The Labute approximate surface area is 83.7 Å². The highest BCUT2D eigenvalue weighted by Crippen LogP contribution is 2.17. The molecule has 0 radical (unpaired) electrons. The highest BCUT2D eigenvalue weighted by atomic mass is 35.5. The summed E-state index contributed by atoms with van der Waals surface area (Å²) < 4.78 is 9.48. The molecule has 6 heteroatoms. The molecular formula is C8H5ClN2O3. The number of fused-ring (bicyclic) bond motifs is 1. The molecular weight excluding hydrogens is 208 g/mol. The predicted octanol–water partition coefficient (Wildman–Crippen LogP) is 1.66. The number of halogens is 1. The molecule has 2 rings (SSSR count). The minimum Gasteiger partial charge on any atom is -0.464 e. The molecule has 0 aliphatic rings. The molecule has 72 valence electrons. The molecule has 0 fully saturated rings. The maximum Gasteiger partial charge on any atom is 0.356 e. The summed E-state index contributed by atoms with van der Waals surface area (Å²) in [5.41, 5.74) is 0.894. The lowest BCUT2D eigenvalue weighted by atomic mass is 10.3. The first-order valence-electron chi connectivity index (χ1n) is 3.72. The molecule has 0 atom stereocenters. The second-order valence-electron chi connectivity index (χ2n) is 2.48. The van der Waals surface area contributed by atoms with Gasteiger partial charge in [0.25, 0.3) is 5.35 Å². The normalized spacial score (nSPS) is 10.4. The first-order chi connectivity index (χ1) is 6.70. The van der Waals surface area contributed by atoms with Gasteiger partial charge in [-0.25, -0.2) is 9.78 Å². The highest BCUT2D eigenvalue weighted by molar-refractivity contribution is 6.28. The number of hydrogen-bond donors (Lipinski definition) is 0. The number of carbonyl (C=O) groups excluding carboxylic acids is 1. The smallest absolute Gasteiger partial charge is 0.356 e. The standard InChI is InChI=1S/C8H5ClN2O3/c1-13-7(12)4-2-3-5-6(10-4)11-8(9)14-5/h2-3H,1H3. The van der Waals surface area contributed by atoms with E-state index in [1.807, 2.05) is 0 Å². The lowest BCUT2D eigenvalue weighted by molar-refractivity contribution is 0.0594. The van der Waals surface area contributed by atoms with Gasteiger partial charge >= 0.3 is 5.97 Å². The lowest BCUT2D eigenvalue weighted by Gasteiger charge is -1.95. The molecule has 0 saturated heterocycles. The average molecular weight is 213 g/mol. The molecule has 2 aromatic heterocycles. The van der Waals surface area contributed by atoms with E-state index in [2.05, 4.69) is 14.7 Å². The Kier molecular flexibility index (Phi) is 2.09. The SMILES string of the molecule is COC(=O)c1ccc2oc(Cl)nc2n1. The van der Waals surface area contributed by atoms with Gasteiger partial charge < -0.3 is 9.15 Å². The van der Waals surface area contributed by atoms with Crippen LogP contribution in [0.15, 0.2) is 16.5 Å². The fraction of sp³-hybridized carbons (Fsp3) is 0.125. The van der Waals surface area contributed by atoms with Gasteiger partial charge in [-0.2, -0.15) is 4.98 Å². The molecule has 0 aromatic carbocycles. The van der Waals surface area contributed by atoms with Crippen LogP contribution in [0, 0.1) is 0 Å². The van der Waals surface area contributed by atoms with E-state index in [0.29, 0.717) is 5.58 Å². The highest BCUT2D eigenvalue weighted by Gasteiger charge is 2.11. The first-order valence-corrected chi connectivity index (χ1v) is 4.10. The summed E-state index contributed by atoms with van der Waals surface area (Å²) in [4.78, 5) is 18.8. The summed E-state index contributed by atoms with van der Waals surface area (Å²) >= 11 is 5.51. The quantitative estimate of drug-likeness (QED) is 0.673. The fourth-order valence-electron chi connectivity index (χ4n) is 1.01. The number of nitrogens with zero attached hydrogens (tertiary/aromatic N) is 2. The Morgan fingerprint density at radius 1 is 1.50 bits per heavy atom. The van der Waals surface area contributed by atoms with Gasteiger partial charge in [-0.05, 0) is 23.7 Å². The van der Waals surface area contributed by atoms with E-state index in [1.54, 1.807) is 6.07 Å². The van der Waals surface area contributed by atoms with Crippen LogP contribution in [0.4, 0.5) is 0 Å². The summed E-state index contributed by atoms with van der Waals surface area (Å²) in [5.74, 6) is -0.522. The molecule has 0 spiro atoms. The molecule has 0 saturated carbocycles. The molecule has 2 aromatic rings. The maximum atomic E-state index is 11.1. The molecule has 0 N–H and O–H groups in total. The molecule has 2 heterocycles. The number of aromatic nitrogens is 2. The van der Waals surface area contributed by atoms with E-state index in [4.69, 9.17) is 16.0 Å². The van der Waals surface area contributed by atoms with Gasteiger partial charge in [0.15, 0.2) is 11.3 Å². The van der Waals surface area contributed by atoms with Crippen molar-refractivity contribution >= 4 is 28.8 Å². The topological polar surface area (TPSA) is 65.2 Å². The van der Waals surface area contributed by atoms with Crippen LogP contribution in [0.5, 0.6) is 0 Å². The lowest BCUT2D eigenvalue weighted by Crippen LogP contribution is -2.03. The summed E-state index contributed by atoms with van der Waals surface area (Å²) in [7, 11) is 1.28. The minimum absolute atomic E-state index is 0.00508. The van der Waals surface area contributed by atoms with Crippen molar-refractivity contribution in [3.63, 3.8) is 0 Å². The molecule has 0 aliphatic heterocycles.